The maximum Gasteiger partial charge on any atom is 0.178 e. The molecule has 1 fully saturated rings. The molecule has 7 heteroatoms. The van der Waals surface area contributed by atoms with E-state index in [0.717, 1.165) is 80.9 Å². The SMILES string of the molecule is COc1ccc(C2(c3ccc(OC)cc3)C=Cc3c4c(c5cc(OC)c(-c6ccc(OC)cc6OC)cc5c3O2)-c2ccc(SC)cc2C42CC(C)(C)CC(C)(C)C2)cc1. The van der Waals surface area contributed by atoms with E-state index in [1.807, 2.05) is 54.2 Å². The summed E-state index contributed by atoms with van der Waals surface area (Å²) >= 11 is 1.81. The van der Waals surface area contributed by atoms with Gasteiger partial charge in [0.2, 0.25) is 0 Å². The molecule has 0 atom stereocenters. The van der Waals surface area contributed by atoms with Gasteiger partial charge in [0.25, 0.3) is 0 Å². The number of hydrogen-bond donors (Lipinski definition) is 0. The largest absolute Gasteiger partial charge is 0.497 e. The van der Waals surface area contributed by atoms with E-state index in [9.17, 15) is 0 Å². The van der Waals surface area contributed by atoms with Crippen molar-refractivity contribution >= 4 is 28.6 Å². The summed E-state index contributed by atoms with van der Waals surface area (Å²) in [5.74, 6) is 4.56. The van der Waals surface area contributed by atoms with Crippen LogP contribution in [0.5, 0.6) is 34.5 Å². The first-order valence-electron chi connectivity index (χ1n) is 20.6. The van der Waals surface area contributed by atoms with Gasteiger partial charge in [-0.2, -0.15) is 0 Å². The zero-order valence-corrected chi connectivity index (χ0v) is 37.2. The van der Waals surface area contributed by atoms with Gasteiger partial charge >= 0.3 is 0 Å². The fourth-order valence-corrected chi connectivity index (χ4v) is 11.8. The van der Waals surface area contributed by atoms with E-state index < -0.39 is 5.60 Å². The van der Waals surface area contributed by atoms with Gasteiger partial charge in [-0.05, 0) is 131 Å². The molecule has 308 valence electrons. The van der Waals surface area contributed by atoms with Crippen molar-refractivity contribution in [2.75, 3.05) is 41.8 Å². The summed E-state index contributed by atoms with van der Waals surface area (Å²) in [6, 6.07) is 34.0. The summed E-state index contributed by atoms with van der Waals surface area (Å²) in [7, 11) is 8.51. The lowest BCUT2D eigenvalue weighted by molar-refractivity contribution is 0.0641. The number of benzene rings is 6. The highest BCUT2D eigenvalue weighted by atomic mass is 32.2. The van der Waals surface area contributed by atoms with E-state index in [1.165, 1.54) is 27.1 Å². The number of thioether (sulfide) groups is 1. The third-order valence-electron chi connectivity index (χ3n) is 13.1. The lowest BCUT2D eigenvalue weighted by Gasteiger charge is -2.52. The number of ether oxygens (including phenoxy) is 6. The first-order valence-corrected chi connectivity index (χ1v) is 21.9. The molecule has 3 aliphatic rings. The molecule has 2 aliphatic carbocycles. The van der Waals surface area contributed by atoms with Crippen molar-refractivity contribution in [2.24, 2.45) is 10.8 Å². The van der Waals surface area contributed by atoms with Crippen molar-refractivity contribution < 1.29 is 28.4 Å². The Morgan fingerprint density at radius 2 is 1.12 bits per heavy atom. The van der Waals surface area contributed by atoms with Crippen LogP contribution in [-0.4, -0.2) is 41.8 Å². The number of fused-ring (bicyclic) bond motifs is 10. The van der Waals surface area contributed by atoms with Crippen molar-refractivity contribution in [3.63, 3.8) is 0 Å². The molecule has 0 bridgehead atoms. The Kier molecular flexibility index (Phi) is 9.70. The molecule has 0 N–H and O–H groups in total. The normalized spacial score (nSPS) is 17.3. The predicted octanol–water partition coefficient (Wildman–Crippen LogP) is 13.1. The van der Waals surface area contributed by atoms with Crippen LogP contribution in [0.2, 0.25) is 0 Å². The third-order valence-corrected chi connectivity index (χ3v) is 13.8. The number of methoxy groups -OCH3 is 5. The van der Waals surface area contributed by atoms with E-state index in [-0.39, 0.29) is 16.2 Å². The minimum atomic E-state index is -0.986. The van der Waals surface area contributed by atoms with Crippen LogP contribution >= 0.6 is 11.8 Å². The average Bonchev–Trinajstić information content (AvgIpc) is 3.51. The highest BCUT2D eigenvalue weighted by Crippen LogP contribution is 2.67. The topological polar surface area (TPSA) is 55.4 Å². The van der Waals surface area contributed by atoms with Crippen LogP contribution in [0.4, 0.5) is 0 Å². The Hall–Kier alpha value is -5.53. The second-order valence-electron chi connectivity index (χ2n) is 18.1. The summed E-state index contributed by atoms with van der Waals surface area (Å²) in [5, 5.41) is 2.10. The van der Waals surface area contributed by atoms with Crippen LogP contribution in [0, 0.1) is 10.8 Å². The second kappa shape index (κ2) is 14.6. The first-order chi connectivity index (χ1) is 28.8. The van der Waals surface area contributed by atoms with Crippen LogP contribution in [0.25, 0.3) is 39.1 Å². The molecule has 9 rings (SSSR count). The molecule has 1 heterocycles. The maximum absolute atomic E-state index is 7.85. The molecule has 0 aromatic heterocycles. The predicted molar refractivity (Wildman–Crippen MR) is 245 cm³/mol. The van der Waals surface area contributed by atoms with Gasteiger partial charge < -0.3 is 28.4 Å². The Bertz CT molecular complexity index is 2610. The fourth-order valence-electron chi connectivity index (χ4n) is 11.4. The van der Waals surface area contributed by atoms with Crippen LogP contribution in [0.1, 0.15) is 74.8 Å². The van der Waals surface area contributed by atoms with Gasteiger partial charge in [-0.1, -0.05) is 64.1 Å². The molecule has 0 amide bonds. The molecule has 6 aromatic rings. The van der Waals surface area contributed by atoms with Gasteiger partial charge in [0, 0.05) is 49.6 Å². The lowest BCUT2D eigenvalue weighted by Crippen LogP contribution is -2.44. The Morgan fingerprint density at radius 3 is 1.68 bits per heavy atom. The van der Waals surface area contributed by atoms with Gasteiger partial charge in [0.1, 0.15) is 34.5 Å². The standard InChI is InChI=1S/C53H54O6S/c1-50(2)29-51(3,4)31-52(30-50)44-26-37(60-10)20-22-39(44)47-42-28-46(58-9)41(38-21-19-36(56-7)25-45(38)57-8)27-43(42)49-40(48(47)52)23-24-53(59-49,32-11-15-34(54-5)16-12-32)33-13-17-35(55-6)18-14-33/h11-28H,29-31H2,1-10H3. The Balaban J connectivity index is 1.43. The molecule has 1 saturated carbocycles. The molecule has 0 saturated heterocycles. The summed E-state index contributed by atoms with van der Waals surface area (Å²) in [6.45, 7) is 9.84. The Labute approximate surface area is 358 Å². The Morgan fingerprint density at radius 1 is 0.550 bits per heavy atom. The smallest absolute Gasteiger partial charge is 0.178 e. The van der Waals surface area contributed by atoms with Crippen molar-refractivity contribution in [1.29, 1.82) is 0 Å². The summed E-state index contributed by atoms with van der Waals surface area (Å²) in [6.07, 6.45) is 10.00. The minimum Gasteiger partial charge on any atom is -0.497 e. The zero-order valence-electron chi connectivity index (χ0n) is 36.4. The lowest BCUT2D eigenvalue weighted by atomic mass is 9.52. The van der Waals surface area contributed by atoms with E-state index in [1.54, 1.807) is 35.5 Å². The monoisotopic (exact) mass is 818 g/mol. The highest BCUT2D eigenvalue weighted by molar-refractivity contribution is 7.98. The van der Waals surface area contributed by atoms with Crippen molar-refractivity contribution in [3.05, 3.63) is 131 Å². The van der Waals surface area contributed by atoms with E-state index in [4.69, 9.17) is 28.4 Å². The van der Waals surface area contributed by atoms with Crippen molar-refractivity contribution in [2.45, 2.75) is 62.9 Å². The molecule has 0 radical (unpaired) electrons. The molecule has 1 aliphatic heterocycles. The van der Waals surface area contributed by atoms with Gasteiger partial charge in [-0.15, -0.1) is 11.8 Å². The molecule has 0 unspecified atom stereocenters. The minimum absolute atomic E-state index is 0.0828. The fraction of sp³-hybridized carbons (Fsp3) is 0.321. The summed E-state index contributed by atoms with van der Waals surface area (Å²) in [5.41, 5.74) is 9.12. The van der Waals surface area contributed by atoms with Gasteiger partial charge in [0.15, 0.2) is 5.60 Å². The average molecular weight is 819 g/mol. The third kappa shape index (κ3) is 6.22. The quantitative estimate of drug-likeness (QED) is 0.135. The first kappa shape index (κ1) is 39.9. The van der Waals surface area contributed by atoms with Gasteiger partial charge in [-0.25, -0.2) is 0 Å². The van der Waals surface area contributed by atoms with Gasteiger partial charge in [-0.3, -0.25) is 0 Å². The highest BCUT2D eigenvalue weighted by Gasteiger charge is 2.55. The van der Waals surface area contributed by atoms with Crippen LogP contribution in [0.15, 0.2) is 108 Å². The molecular weight excluding hydrogens is 765 g/mol. The van der Waals surface area contributed by atoms with Crippen molar-refractivity contribution in [3.8, 4) is 56.8 Å². The van der Waals surface area contributed by atoms with Crippen molar-refractivity contribution in [1.82, 2.24) is 0 Å². The number of rotatable bonds is 9. The number of hydrogen-bond acceptors (Lipinski definition) is 7. The molecule has 1 spiro atoms. The molecule has 60 heavy (non-hydrogen) atoms. The van der Waals surface area contributed by atoms with Crippen LogP contribution < -0.4 is 28.4 Å². The van der Waals surface area contributed by atoms with E-state index >= 15 is 0 Å². The molecular formula is C53H54O6S. The van der Waals surface area contributed by atoms with Gasteiger partial charge in [0.05, 0.1) is 35.5 Å². The maximum atomic E-state index is 7.85. The molecule has 6 nitrogen and oxygen atoms in total. The second-order valence-corrected chi connectivity index (χ2v) is 19.0. The van der Waals surface area contributed by atoms with E-state index in [2.05, 4.69) is 101 Å². The molecule has 6 aromatic carbocycles. The summed E-state index contributed by atoms with van der Waals surface area (Å²) in [4.78, 5) is 1.27. The zero-order chi connectivity index (χ0) is 42.2. The van der Waals surface area contributed by atoms with Crippen LogP contribution in [-0.2, 0) is 11.0 Å². The van der Waals surface area contributed by atoms with E-state index in [0.29, 0.717) is 11.5 Å². The summed E-state index contributed by atoms with van der Waals surface area (Å²) < 4.78 is 37.1. The van der Waals surface area contributed by atoms with Crippen LogP contribution in [0.3, 0.4) is 0 Å².